The van der Waals surface area contributed by atoms with Gasteiger partial charge in [-0.3, -0.25) is 9.59 Å². The summed E-state index contributed by atoms with van der Waals surface area (Å²) in [6, 6.07) is -0.272. The molecule has 166 valence electrons. The summed E-state index contributed by atoms with van der Waals surface area (Å²) in [4.78, 5) is 35.2. The summed E-state index contributed by atoms with van der Waals surface area (Å²) < 4.78 is 32.0. The Morgan fingerprint density at radius 1 is 1.20 bits per heavy atom. The lowest BCUT2D eigenvalue weighted by atomic mass is 9.99. The van der Waals surface area contributed by atoms with Gasteiger partial charge in [-0.1, -0.05) is 0 Å². The molecule has 4 heterocycles. The van der Waals surface area contributed by atoms with Crippen molar-refractivity contribution in [1.82, 2.24) is 19.2 Å². The summed E-state index contributed by atoms with van der Waals surface area (Å²) in [6.07, 6.45) is 4.24. The van der Waals surface area contributed by atoms with Crippen LogP contribution < -0.4 is 5.56 Å². The fraction of sp³-hybridized carbons (Fsp3) is 0.750. The molecule has 0 aromatic carbocycles. The normalized spacial score (nSPS) is 25.5. The van der Waals surface area contributed by atoms with Gasteiger partial charge >= 0.3 is 0 Å². The lowest BCUT2D eigenvalue weighted by Crippen LogP contribution is -2.46. The largest absolute Gasteiger partial charge is 0.368 e. The Labute approximate surface area is 176 Å². The number of nitrogens with one attached hydrogen (secondary N) is 1. The highest BCUT2D eigenvalue weighted by Crippen LogP contribution is 2.31. The van der Waals surface area contributed by atoms with Gasteiger partial charge in [-0.2, -0.15) is 4.31 Å². The van der Waals surface area contributed by atoms with Crippen LogP contribution >= 0.6 is 0 Å². The van der Waals surface area contributed by atoms with Crippen LogP contribution in [-0.2, 0) is 32.5 Å². The third-order valence-electron chi connectivity index (χ3n) is 6.31. The Morgan fingerprint density at radius 2 is 2.00 bits per heavy atom. The van der Waals surface area contributed by atoms with E-state index in [1.807, 2.05) is 4.90 Å². The van der Waals surface area contributed by atoms with Crippen LogP contribution in [0.2, 0.25) is 0 Å². The molecule has 1 N–H and O–H groups in total. The van der Waals surface area contributed by atoms with Gasteiger partial charge < -0.3 is 14.6 Å². The second-order valence-corrected chi connectivity index (χ2v) is 11.1. The number of sulfonamides is 1. The number of ether oxygens (including phenoxy) is 1. The van der Waals surface area contributed by atoms with E-state index in [4.69, 9.17) is 9.72 Å². The van der Waals surface area contributed by atoms with Crippen LogP contribution in [0.5, 0.6) is 0 Å². The van der Waals surface area contributed by atoms with Crippen LogP contribution in [0.25, 0.3) is 0 Å². The molecule has 4 rings (SSSR count). The van der Waals surface area contributed by atoms with Gasteiger partial charge in [-0.15, -0.1) is 0 Å². The van der Waals surface area contributed by atoms with Crippen molar-refractivity contribution in [2.75, 3.05) is 19.7 Å². The molecule has 0 aliphatic carbocycles. The van der Waals surface area contributed by atoms with Crippen LogP contribution in [0.15, 0.2) is 4.79 Å². The zero-order valence-electron chi connectivity index (χ0n) is 17.6. The molecule has 2 atom stereocenters. The molecule has 2 fully saturated rings. The molecular formula is C20H30N4O5S. The van der Waals surface area contributed by atoms with Crippen molar-refractivity contribution in [3.63, 3.8) is 0 Å². The third kappa shape index (κ3) is 3.92. The molecule has 1 aromatic rings. The van der Waals surface area contributed by atoms with Crippen LogP contribution in [0.1, 0.15) is 69.1 Å². The molecule has 0 spiro atoms. The van der Waals surface area contributed by atoms with E-state index in [1.165, 1.54) is 4.31 Å². The number of amides is 1. The maximum absolute atomic E-state index is 13.0. The Bertz CT molecular complexity index is 968. The minimum absolute atomic E-state index is 0.0215. The minimum Gasteiger partial charge on any atom is -0.368 e. The first-order valence-corrected chi connectivity index (χ1v) is 12.3. The summed E-state index contributed by atoms with van der Waals surface area (Å²) in [5.74, 6) is 0.483. The molecule has 0 saturated carbocycles. The number of hydrogen-bond acceptors (Lipinski definition) is 6. The Kier molecular flexibility index (Phi) is 6.00. The molecule has 3 aliphatic heterocycles. The number of aromatic nitrogens is 2. The molecule has 0 unspecified atom stereocenters. The van der Waals surface area contributed by atoms with Crippen molar-refractivity contribution in [3.8, 4) is 0 Å². The van der Waals surface area contributed by atoms with Gasteiger partial charge in [0, 0.05) is 32.7 Å². The first kappa shape index (κ1) is 21.5. The maximum Gasteiger partial charge on any atom is 0.255 e. The number of likely N-dealkylation sites (tertiary alicyclic amines) is 1. The number of fused-ring (bicyclic) bond motifs is 1. The first-order chi connectivity index (χ1) is 14.3. The van der Waals surface area contributed by atoms with Gasteiger partial charge in [0.25, 0.3) is 11.5 Å². The van der Waals surface area contributed by atoms with E-state index in [0.717, 1.165) is 32.1 Å². The fourth-order valence-electron chi connectivity index (χ4n) is 4.53. The summed E-state index contributed by atoms with van der Waals surface area (Å²) in [5.41, 5.74) is 0.731. The molecule has 2 saturated heterocycles. The van der Waals surface area contributed by atoms with Gasteiger partial charge in [-0.25, -0.2) is 13.4 Å². The number of nitrogens with zero attached hydrogens (tertiary/aromatic N) is 3. The number of rotatable bonds is 4. The van der Waals surface area contributed by atoms with E-state index in [2.05, 4.69) is 4.98 Å². The maximum atomic E-state index is 13.0. The number of carbonyl (C=O) groups excluding carboxylic acids is 1. The average Bonchev–Trinajstić information content (AvgIpc) is 3.27. The minimum atomic E-state index is -3.43. The highest BCUT2D eigenvalue weighted by atomic mass is 32.2. The molecule has 0 bridgehead atoms. The van der Waals surface area contributed by atoms with Gasteiger partial charge in [-0.05, 0) is 46.0 Å². The predicted octanol–water partition coefficient (Wildman–Crippen LogP) is 1.10. The number of carbonyl (C=O) groups is 1. The number of H-pyrrole nitrogens is 1. The first-order valence-electron chi connectivity index (χ1n) is 10.8. The lowest BCUT2D eigenvalue weighted by molar-refractivity contribution is -0.145. The average molecular weight is 439 g/mol. The van der Waals surface area contributed by atoms with E-state index >= 15 is 0 Å². The van der Waals surface area contributed by atoms with Crippen molar-refractivity contribution in [2.24, 2.45) is 0 Å². The van der Waals surface area contributed by atoms with Gasteiger partial charge in [0.2, 0.25) is 10.0 Å². The number of piperidine rings is 1. The molecular weight excluding hydrogens is 408 g/mol. The highest BCUT2D eigenvalue weighted by Gasteiger charge is 2.37. The second-order valence-electron chi connectivity index (χ2n) is 8.60. The topological polar surface area (TPSA) is 113 Å². The zero-order chi connectivity index (χ0) is 21.5. The quantitative estimate of drug-likeness (QED) is 0.753. The monoisotopic (exact) mass is 438 g/mol. The zero-order valence-corrected chi connectivity index (χ0v) is 18.4. The smallest absolute Gasteiger partial charge is 0.255 e. The van der Waals surface area contributed by atoms with E-state index in [1.54, 1.807) is 13.8 Å². The van der Waals surface area contributed by atoms with Crippen molar-refractivity contribution in [3.05, 3.63) is 27.4 Å². The van der Waals surface area contributed by atoms with Crippen LogP contribution in [0.3, 0.4) is 0 Å². The van der Waals surface area contributed by atoms with Crippen LogP contribution in [-0.4, -0.2) is 64.5 Å². The highest BCUT2D eigenvalue weighted by molar-refractivity contribution is 7.89. The Morgan fingerprint density at radius 3 is 2.70 bits per heavy atom. The Balaban J connectivity index is 1.61. The van der Waals surface area contributed by atoms with Crippen molar-refractivity contribution in [2.45, 2.75) is 76.3 Å². The molecule has 3 aliphatic rings. The molecule has 0 radical (unpaired) electrons. The van der Waals surface area contributed by atoms with Crippen LogP contribution in [0, 0.1) is 0 Å². The summed E-state index contributed by atoms with van der Waals surface area (Å²) in [6.45, 7) is 4.87. The predicted molar refractivity (Wildman–Crippen MR) is 110 cm³/mol. The molecule has 1 amide bonds. The molecule has 9 nitrogen and oxygen atoms in total. The molecule has 30 heavy (non-hydrogen) atoms. The Hall–Kier alpha value is -1.78. The van der Waals surface area contributed by atoms with E-state index < -0.39 is 21.4 Å². The summed E-state index contributed by atoms with van der Waals surface area (Å²) in [5, 5.41) is -0.537. The van der Waals surface area contributed by atoms with Crippen molar-refractivity contribution >= 4 is 15.9 Å². The fourth-order valence-corrected chi connectivity index (χ4v) is 5.78. The summed E-state index contributed by atoms with van der Waals surface area (Å²) >= 11 is 0. The number of hydrogen-bond donors (Lipinski definition) is 1. The SMILES string of the molecule is CC(C)S(=O)(=O)N1CCc2nc([C@H]3CCCCN3C(=O)[C@@H]3CCCO3)[nH]c(=O)c2C1. The van der Waals surface area contributed by atoms with E-state index in [-0.39, 0.29) is 24.1 Å². The van der Waals surface area contributed by atoms with Crippen LogP contribution in [0.4, 0.5) is 0 Å². The summed E-state index contributed by atoms with van der Waals surface area (Å²) in [7, 11) is -3.43. The van der Waals surface area contributed by atoms with Crippen molar-refractivity contribution in [1.29, 1.82) is 0 Å². The van der Waals surface area contributed by atoms with E-state index in [0.29, 0.717) is 43.2 Å². The third-order valence-corrected chi connectivity index (χ3v) is 8.54. The lowest BCUT2D eigenvalue weighted by Gasteiger charge is -2.37. The molecule has 10 heteroatoms. The van der Waals surface area contributed by atoms with Gasteiger partial charge in [0.05, 0.1) is 22.5 Å². The second kappa shape index (κ2) is 8.39. The standard InChI is InChI=1S/C20H30N4O5S/c1-13(2)30(27,28)23-10-8-15-14(12-23)19(25)22-18(21-15)16-6-3-4-9-24(16)20(26)17-7-5-11-29-17/h13,16-17H,3-12H2,1-2H3,(H,21,22,25)/t16-,17+/m1/s1. The van der Waals surface area contributed by atoms with E-state index in [9.17, 15) is 18.0 Å². The number of aromatic amines is 1. The van der Waals surface area contributed by atoms with Gasteiger partial charge in [0.15, 0.2) is 0 Å². The van der Waals surface area contributed by atoms with Crippen molar-refractivity contribution < 1.29 is 17.9 Å². The van der Waals surface area contributed by atoms with Gasteiger partial charge in [0.1, 0.15) is 11.9 Å². The molecule has 1 aromatic heterocycles.